The monoisotopic (exact) mass is 290 g/mol. The van der Waals surface area contributed by atoms with Gasteiger partial charge in [0, 0.05) is 10.7 Å². The maximum atomic E-state index is 3.51. The molecule has 0 fully saturated rings. The summed E-state index contributed by atoms with van der Waals surface area (Å²) in [6.07, 6.45) is 0. The lowest BCUT2D eigenvalue weighted by Crippen LogP contribution is -1.95. The van der Waals surface area contributed by atoms with Crippen molar-refractivity contribution in [3.8, 4) is 0 Å². The fourth-order valence-electron chi connectivity index (χ4n) is 1.30. The highest BCUT2D eigenvalue weighted by Gasteiger charge is 2.05. The van der Waals surface area contributed by atoms with E-state index in [9.17, 15) is 0 Å². The highest BCUT2D eigenvalue weighted by Crippen LogP contribution is 2.23. The molecule has 1 aromatic rings. The summed E-state index contributed by atoms with van der Waals surface area (Å²) in [7, 11) is 0. The summed E-state index contributed by atoms with van der Waals surface area (Å²) in [6.45, 7) is 4.31. The van der Waals surface area contributed by atoms with Gasteiger partial charge in [0.05, 0.1) is 0 Å². The number of alkyl halides is 2. The summed E-state index contributed by atoms with van der Waals surface area (Å²) in [4.78, 5) is 0. The first-order valence-electron chi connectivity index (χ1n) is 3.90. The van der Waals surface area contributed by atoms with Crippen LogP contribution in [0.15, 0.2) is 12.1 Å². The third kappa shape index (κ3) is 1.91. The van der Waals surface area contributed by atoms with Crippen LogP contribution in [-0.4, -0.2) is 0 Å². The van der Waals surface area contributed by atoms with Gasteiger partial charge in [0.25, 0.3) is 0 Å². The zero-order valence-electron chi connectivity index (χ0n) is 7.32. The Labute approximate surface area is 90.6 Å². The van der Waals surface area contributed by atoms with Crippen LogP contribution in [0.25, 0.3) is 0 Å². The van der Waals surface area contributed by atoms with Crippen LogP contribution in [0.3, 0.4) is 0 Å². The van der Waals surface area contributed by atoms with Crippen LogP contribution < -0.4 is 0 Å². The first-order valence-corrected chi connectivity index (χ1v) is 6.15. The van der Waals surface area contributed by atoms with E-state index < -0.39 is 0 Å². The summed E-state index contributed by atoms with van der Waals surface area (Å²) in [5.74, 6) is 0. The zero-order chi connectivity index (χ0) is 9.14. The molecule has 0 aliphatic rings. The van der Waals surface area contributed by atoms with Crippen LogP contribution in [0.1, 0.15) is 22.3 Å². The van der Waals surface area contributed by atoms with Crippen LogP contribution in [0, 0.1) is 13.8 Å². The lowest BCUT2D eigenvalue weighted by molar-refractivity contribution is 1.19. The number of benzene rings is 1. The molecule has 0 bridgehead atoms. The zero-order valence-corrected chi connectivity index (χ0v) is 10.5. The van der Waals surface area contributed by atoms with Crippen molar-refractivity contribution in [1.29, 1.82) is 0 Å². The Kier molecular flexibility index (Phi) is 3.78. The summed E-state index contributed by atoms with van der Waals surface area (Å²) < 4.78 is 0. The van der Waals surface area contributed by atoms with Crippen molar-refractivity contribution < 1.29 is 0 Å². The lowest BCUT2D eigenvalue weighted by atomic mass is 10.00. The van der Waals surface area contributed by atoms with Crippen LogP contribution in [0.4, 0.5) is 0 Å². The lowest BCUT2D eigenvalue weighted by Gasteiger charge is -2.10. The van der Waals surface area contributed by atoms with Gasteiger partial charge in [-0.2, -0.15) is 0 Å². The normalized spacial score (nSPS) is 10.3. The second-order valence-electron chi connectivity index (χ2n) is 2.92. The van der Waals surface area contributed by atoms with E-state index in [0.717, 1.165) is 10.7 Å². The molecule has 0 nitrogen and oxygen atoms in total. The topological polar surface area (TPSA) is 0 Å². The standard InChI is InChI=1S/C10H12Br2/c1-7-3-4-8(2)10(6-12)9(7)5-11/h3-4H,5-6H2,1-2H3. The smallest absolute Gasteiger partial charge is 0.0288 e. The predicted molar refractivity (Wildman–Crippen MR) is 61.2 cm³/mol. The molecule has 0 saturated heterocycles. The SMILES string of the molecule is Cc1ccc(C)c(CBr)c1CBr. The largest absolute Gasteiger partial charge is 0.0876 e. The van der Waals surface area contributed by atoms with Crippen molar-refractivity contribution in [2.75, 3.05) is 0 Å². The number of rotatable bonds is 2. The molecule has 0 radical (unpaired) electrons. The molecule has 0 spiro atoms. The van der Waals surface area contributed by atoms with E-state index in [4.69, 9.17) is 0 Å². The van der Waals surface area contributed by atoms with Crippen molar-refractivity contribution in [3.05, 3.63) is 34.4 Å². The molecule has 66 valence electrons. The summed E-state index contributed by atoms with van der Waals surface area (Å²) >= 11 is 7.03. The first-order chi connectivity index (χ1) is 5.70. The maximum absolute atomic E-state index is 3.51. The van der Waals surface area contributed by atoms with Crippen LogP contribution in [0.5, 0.6) is 0 Å². The minimum Gasteiger partial charge on any atom is -0.0876 e. The van der Waals surface area contributed by atoms with E-state index in [-0.39, 0.29) is 0 Å². The molecule has 0 aliphatic heterocycles. The first kappa shape index (κ1) is 10.3. The van der Waals surface area contributed by atoms with Gasteiger partial charge in [0.1, 0.15) is 0 Å². The molecule has 2 heteroatoms. The van der Waals surface area contributed by atoms with E-state index in [2.05, 4.69) is 57.8 Å². The third-order valence-electron chi connectivity index (χ3n) is 2.17. The van der Waals surface area contributed by atoms with E-state index in [0.29, 0.717) is 0 Å². The second-order valence-corrected chi connectivity index (χ2v) is 4.05. The van der Waals surface area contributed by atoms with Gasteiger partial charge in [-0.1, -0.05) is 44.0 Å². The Morgan fingerprint density at radius 3 is 1.50 bits per heavy atom. The quantitative estimate of drug-likeness (QED) is 0.720. The maximum Gasteiger partial charge on any atom is 0.0288 e. The molecule has 0 aliphatic carbocycles. The van der Waals surface area contributed by atoms with E-state index in [1.54, 1.807) is 0 Å². The van der Waals surface area contributed by atoms with Crippen molar-refractivity contribution in [2.45, 2.75) is 24.5 Å². The molecule has 12 heavy (non-hydrogen) atoms. The van der Waals surface area contributed by atoms with Crippen LogP contribution >= 0.6 is 31.9 Å². The van der Waals surface area contributed by atoms with E-state index in [1.165, 1.54) is 22.3 Å². The van der Waals surface area contributed by atoms with Gasteiger partial charge in [-0.15, -0.1) is 0 Å². The van der Waals surface area contributed by atoms with E-state index in [1.807, 2.05) is 0 Å². The summed E-state index contributed by atoms with van der Waals surface area (Å²) in [5.41, 5.74) is 5.58. The molecular formula is C10H12Br2. The van der Waals surface area contributed by atoms with Crippen molar-refractivity contribution in [1.82, 2.24) is 0 Å². The van der Waals surface area contributed by atoms with Gasteiger partial charge >= 0.3 is 0 Å². The Morgan fingerprint density at radius 1 is 0.917 bits per heavy atom. The van der Waals surface area contributed by atoms with Gasteiger partial charge in [0.15, 0.2) is 0 Å². The minimum atomic E-state index is 0.946. The molecule has 0 aromatic heterocycles. The molecule has 0 atom stereocenters. The molecule has 1 rings (SSSR count). The van der Waals surface area contributed by atoms with Gasteiger partial charge in [-0.05, 0) is 36.1 Å². The number of aryl methyl sites for hydroxylation is 2. The van der Waals surface area contributed by atoms with Gasteiger partial charge in [0.2, 0.25) is 0 Å². The highest BCUT2D eigenvalue weighted by atomic mass is 79.9. The summed E-state index contributed by atoms with van der Waals surface area (Å²) in [6, 6.07) is 4.36. The van der Waals surface area contributed by atoms with Gasteiger partial charge in [-0.25, -0.2) is 0 Å². The number of hydrogen-bond donors (Lipinski definition) is 0. The molecule has 0 heterocycles. The average molecular weight is 292 g/mol. The molecule has 0 N–H and O–H groups in total. The van der Waals surface area contributed by atoms with Crippen molar-refractivity contribution in [3.63, 3.8) is 0 Å². The second kappa shape index (κ2) is 4.43. The molecular weight excluding hydrogens is 280 g/mol. The number of hydrogen-bond acceptors (Lipinski definition) is 0. The van der Waals surface area contributed by atoms with E-state index >= 15 is 0 Å². The minimum absolute atomic E-state index is 0.946. The molecule has 0 saturated carbocycles. The molecule has 0 unspecified atom stereocenters. The molecule has 0 amide bonds. The predicted octanol–water partition coefficient (Wildman–Crippen LogP) is 4.09. The summed E-state index contributed by atoms with van der Waals surface area (Å²) in [5, 5.41) is 1.89. The van der Waals surface area contributed by atoms with Crippen molar-refractivity contribution in [2.24, 2.45) is 0 Å². The fraction of sp³-hybridized carbons (Fsp3) is 0.400. The Hall–Kier alpha value is 0.180. The highest BCUT2D eigenvalue weighted by molar-refractivity contribution is 9.09. The fourth-order valence-corrected chi connectivity index (χ4v) is 2.86. The van der Waals surface area contributed by atoms with Crippen LogP contribution in [-0.2, 0) is 10.7 Å². The van der Waals surface area contributed by atoms with Crippen molar-refractivity contribution >= 4 is 31.9 Å². The third-order valence-corrected chi connectivity index (χ3v) is 3.29. The Morgan fingerprint density at radius 2 is 1.25 bits per heavy atom. The Bertz CT molecular complexity index is 250. The molecule has 1 aromatic carbocycles. The average Bonchev–Trinajstić information content (AvgIpc) is 2.08. The van der Waals surface area contributed by atoms with Gasteiger partial charge in [-0.3, -0.25) is 0 Å². The van der Waals surface area contributed by atoms with Crippen LogP contribution in [0.2, 0.25) is 0 Å². The Balaban J connectivity index is 3.28. The number of halogens is 2. The van der Waals surface area contributed by atoms with Gasteiger partial charge < -0.3 is 0 Å².